The van der Waals surface area contributed by atoms with Crippen LogP contribution in [-0.2, 0) is 0 Å². The fourth-order valence-electron chi connectivity index (χ4n) is 3.48. The molecule has 1 aliphatic carbocycles. The number of benzene rings is 2. The van der Waals surface area contributed by atoms with E-state index in [0.717, 1.165) is 29.5 Å². The second-order valence-corrected chi connectivity index (χ2v) is 6.85. The summed E-state index contributed by atoms with van der Waals surface area (Å²) in [6.45, 7) is 0. The maximum absolute atomic E-state index is 12.2. The molecular formula is C21H22N4O. The van der Waals surface area contributed by atoms with Gasteiger partial charge in [-0.25, -0.2) is 5.43 Å². The van der Waals surface area contributed by atoms with Crippen LogP contribution in [0.4, 0.5) is 0 Å². The van der Waals surface area contributed by atoms with Crippen LogP contribution in [0, 0.1) is 5.92 Å². The van der Waals surface area contributed by atoms with Crippen LogP contribution >= 0.6 is 0 Å². The van der Waals surface area contributed by atoms with Gasteiger partial charge in [0, 0.05) is 11.8 Å². The maximum atomic E-state index is 12.2. The number of nitrogens with zero attached hydrogens (tertiary/aromatic N) is 2. The van der Waals surface area contributed by atoms with Gasteiger partial charge in [-0.05, 0) is 41.7 Å². The van der Waals surface area contributed by atoms with E-state index in [9.17, 15) is 4.79 Å². The van der Waals surface area contributed by atoms with Gasteiger partial charge < -0.3 is 0 Å². The normalized spacial score (nSPS) is 15.5. The van der Waals surface area contributed by atoms with E-state index >= 15 is 0 Å². The molecule has 1 aromatic heterocycles. The molecule has 1 aliphatic rings. The first kappa shape index (κ1) is 16.5. The van der Waals surface area contributed by atoms with Crippen molar-refractivity contribution < 1.29 is 4.79 Å². The molecule has 5 nitrogen and oxygen atoms in total. The van der Waals surface area contributed by atoms with Crippen LogP contribution in [0.2, 0.25) is 0 Å². The Kier molecular flexibility index (Phi) is 4.78. The Hall–Kier alpha value is -2.95. The highest BCUT2D eigenvalue weighted by atomic mass is 16.2. The van der Waals surface area contributed by atoms with Crippen LogP contribution < -0.4 is 5.43 Å². The average Bonchev–Trinajstić information content (AvgIpc) is 3.19. The Balaban J connectivity index is 1.44. The van der Waals surface area contributed by atoms with E-state index in [1.807, 2.05) is 24.4 Å². The number of hydrogen-bond donors (Lipinski definition) is 2. The number of aromatic nitrogens is 2. The van der Waals surface area contributed by atoms with Crippen molar-refractivity contribution in [3.05, 3.63) is 54.2 Å². The molecule has 132 valence electrons. The number of rotatable bonds is 4. The molecule has 4 rings (SSSR count). The summed E-state index contributed by atoms with van der Waals surface area (Å²) in [7, 11) is 0. The summed E-state index contributed by atoms with van der Waals surface area (Å²) in [6.07, 6.45) is 8.01. The monoisotopic (exact) mass is 346 g/mol. The number of nitrogens with one attached hydrogen (secondary N) is 2. The van der Waals surface area contributed by atoms with Crippen molar-refractivity contribution in [1.29, 1.82) is 0 Å². The molecule has 5 heteroatoms. The number of fused-ring (bicyclic) bond motifs is 1. The van der Waals surface area contributed by atoms with Crippen LogP contribution in [-0.4, -0.2) is 22.3 Å². The van der Waals surface area contributed by atoms with Gasteiger partial charge in [0.05, 0.1) is 5.69 Å². The number of hydrogen-bond acceptors (Lipinski definition) is 3. The lowest BCUT2D eigenvalue weighted by molar-refractivity contribution is 0.0950. The van der Waals surface area contributed by atoms with Gasteiger partial charge in [0.15, 0.2) is 0 Å². The fourth-order valence-corrected chi connectivity index (χ4v) is 3.48. The van der Waals surface area contributed by atoms with Gasteiger partial charge in [0.2, 0.25) is 0 Å². The van der Waals surface area contributed by atoms with E-state index in [1.54, 1.807) is 6.07 Å². The van der Waals surface area contributed by atoms with Crippen molar-refractivity contribution in [2.24, 2.45) is 11.0 Å². The minimum atomic E-state index is -0.267. The van der Waals surface area contributed by atoms with Crippen LogP contribution in [0.5, 0.6) is 0 Å². The smallest absolute Gasteiger partial charge is 0.272 e. The lowest BCUT2D eigenvalue weighted by Crippen LogP contribution is -2.19. The molecule has 0 radical (unpaired) electrons. The Bertz CT molecular complexity index is 938. The van der Waals surface area contributed by atoms with Crippen LogP contribution in [0.3, 0.4) is 0 Å². The zero-order valence-electron chi connectivity index (χ0n) is 14.6. The molecule has 0 saturated heterocycles. The summed E-state index contributed by atoms with van der Waals surface area (Å²) in [5.74, 6) is 0.218. The minimum Gasteiger partial charge on any atom is -0.272 e. The van der Waals surface area contributed by atoms with Crippen molar-refractivity contribution in [1.82, 2.24) is 15.6 Å². The van der Waals surface area contributed by atoms with E-state index in [-0.39, 0.29) is 5.91 Å². The minimum absolute atomic E-state index is 0.267. The Morgan fingerprint density at radius 2 is 1.88 bits per heavy atom. The highest BCUT2D eigenvalue weighted by Gasteiger charge is 2.13. The Labute approximate surface area is 152 Å². The fraction of sp³-hybridized carbons (Fsp3) is 0.286. The van der Waals surface area contributed by atoms with Crippen LogP contribution in [0.1, 0.15) is 42.6 Å². The molecule has 0 aliphatic heterocycles. The van der Waals surface area contributed by atoms with Gasteiger partial charge in [-0.3, -0.25) is 9.89 Å². The largest absolute Gasteiger partial charge is 0.289 e. The van der Waals surface area contributed by atoms with Gasteiger partial charge in [-0.2, -0.15) is 10.2 Å². The number of amides is 1. The number of hydrazone groups is 1. The first-order valence-electron chi connectivity index (χ1n) is 9.18. The Morgan fingerprint density at radius 1 is 1.08 bits per heavy atom. The third-order valence-electron chi connectivity index (χ3n) is 4.97. The van der Waals surface area contributed by atoms with Crippen molar-refractivity contribution in [2.75, 3.05) is 0 Å². The van der Waals surface area contributed by atoms with Crippen molar-refractivity contribution in [3.8, 4) is 11.3 Å². The molecule has 1 fully saturated rings. The maximum Gasteiger partial charge on any atom is 0.289 e. The molecular weight excluding hydrogens is 324 g/mol. The van der Waals surface area contributed by atoms with E-state index in [0.29, 0.717) is 11.6 Å². The SMILES string of the molecule is O=C(N/N=C/C1CCCCC1)c1cc(-c2ccc3ccccc3c2)n[nH]1. The molecule has 1 heterocycles. The quantitative estimate of drug-likeness (QED) is 0.538. The molecule has 0 bridgehead atoms. The second kappa shape index (κ2) is 7.52. The second-order valence-electron chi connectivity index (χ2n) is 6.85. The standard InChI is InChI=1S/C21H22N4O/c26-21(25-22-14-15-6-2-1-3-7-15)20-13-19(23-24-20)18-11-10-16-8-4-5-9-17(16)12-18/h4-5,8-15H,1-3,6-7H2,(H,23,24)(H,25,26)/b22-14+. The van der Waals surface area contributed by atoms with Crippen LogP contribution in [0.25, 0.3) is 22.0 Å². The first-order valence-corrected chi connectivity index (χ1v) is 9.18. The average molecular weight is 346 g/mol. The van der Waals surface area contributed by atoms with Gasteiger partial charge in [0.1, 0.15) is 5.69 Å². The number of carbonyl (C=O) groups excluding carboxylic acids is 1. The van der Waals surface area contributed by atoms with Crippen LogP contribution in [0.15, 0.2) is 53.6 Å². The molecule has 0 spiro atoms. The summed E-state index contributed by atoms with van der Waals surface area (Å²) in [4.78, 5) is 12.2. The van der Waals surface area contributed by atoms with Crippen molar-refractivity contribution in [3.63, 3.8) is 0 Å². The first-order chi connectivity index (χ1) is 12.8. The van der Waals surface area contributed by atoms with Gasteiger partial charge in [0.25, 0.3) is 5.91 Å². The lowest BCUT2D eigenvalue weighted by Gasteiger charge is -2.16. The summed E-state index contributed by atoms with van der Waals surface area (Å²) < 4.78 is 0. The van der Waals surface area contributed by atoms with Gasteiger partial charge in [-0.15, -0.1) is 0 Å². The zero-order chi connectivity index (χ0) is 17.8. The molecule has 1 amide bonds. The predicted octanol–water partition coefficient (Wildman–Crippen LogP) is 4.53. The summed E-state index contributed by atoms with van der Waals surface area (Å²) in [5, 5.41) is 13.5. The molecule has 1 saturated carbocycles. The molecule has 2 aromatic carbocycles. The zero-order valence-corrected chi connectivity index (χ0v) is 14.6. The van der Waals surface area contributed by atoms with Crippen molar-refractivity contribution in [2.45, 2.75) is 32.1 Å². The summed E-state index contributed by atoms with van der Waals surface area (Å²) in [6, 6.07) is 16.1. The molecule has 0 unspecified atom stereocenters. The highest BCUT2D eigenvalue weighted by Crippen LogP contribution is 2.24. The van der Waals surface area contributed by atoms with E-state index in [1.165, 1.54) is 24.6 Å². The van der Waals surface area contributed by atoms with E-state index in [2.05, 4.69) is 45.0 Å². The third kappa shape index (κ3) is 3.67. The van der Waals surface area contributed by atoms with Gasteiger partial charge in [-0.1, -0.05) is 55.7 Å². The van der Waals surface area contributed by atoms with Crippen molar-refractivity contribution >= 4 is 22.9 Å². The molecule has 3 aromatic rings. The van der Waals surface area contributed by atoms with E-state index < -0.39 is 0 Å². The van der Waals surface area contributed by atoms with E-state index in [4.69, 9.17) is 0 Å². The third-order valence-corrected chi connectivity index (χ3v) is 4.97. The topological polar surface area (TPSA) is 70.1 Å². The molecule has 26 heavy (non-hydrogen) atoms. The summed E-state index contributed by atoms with van der Waals surface area (Å²) in [5.41, 5.74) is 4.73. The molecule has 0 atom stereocenters. The predicted molar refractivity (Wildman–Crippen MR) is 104 cm³/mol. The number of carbonyl (C=O) groups is 1. The number of aromatic amines is 1. The summed E-state index contributed by atoms with van der Waals surface area (Å²) >= 11 is 0. The Morgan fingerprint density at radius 3 is 2.73 bits per heavy atom. The molecule has 2 N–H and O–H groups in total. The lowest BCUT2D eigenvalue weighted by atomic mass is 9.90. The number of H-pyrrole nitrogens is 1. The van der Waals surface area contributed by atoms with Gasteiger partial charge >= 0.3 is 0 Å². The highest BCUT2D eigenvalue weighted by molar-refractivity contribution is 5.94.